The predicted molar refractivity (Wildman–Crippen MR) is 119 cm³/mol. The zero-order valence-electron chi connectivity index (χ0n) is 18.2. The average molecular weight is 433 g/mol. The van der Waals surface area contributed by atoms with Gasteiger partial charge in [0.1, 0.15) is 18.1 Å². The minimum atomic E-state index is -0.545. The van der Waals surface area contributed by atoms with Gasteiger partial charge in [-0.2, -0.15) is 5.10 Å². The molecule has 0 fully saturated rings. The molecule has 4 rings (SSSR count). The topological polar surface area (TPSA) is 121 Å². The summed E-state index contributed by atoms with van der Waals surface area (Å²) in [7, 11) is 1.56. The molecule has 3 N–H and O–H groups in total. The molecule has 0 saturated heterocycles. The van der Waals surface area contributed by atoms with Crippen molar-refractivity contribution in [3.8, 4) is 22.8 Å². The second kappa shape index (κ2) is 7.88. The van der Waals surface area contributed by atoms with Crippen molar-refractivity contribution >= 4 is 22.7 Å². The average Bonchev–Trinajstić information content (AvgIpc) is 3.36. The Morgan fingerprint density at radius 3 is 2.62 bits per heavy atom. The number of rotatable bonds is 6. The van der Waals surface area contributed by atoms with E-state index in [-0.39, 0.29) is 29.4 Å². The number of carbonyl (C=O) groups is 2. The first-order valence-electron chi connectivity index (χ1n) is 9.97. The van der Waals surface area contributed by atoms with Crippen LogP contribution < -0.4 is 10.5 Å². The van der Waals surface area contributed by atoms with E-state index in [1.807, 2.05) is 13.8 Å². The van der Waals surface area contributed by atoms with E-state index in [0.29, 0.717) is 33.4 Å². The van der Waals surface area contributed by atoms with E-state index in [0.717, 1.165) is 11.1 Å². The summed E-state index contributed by atoms with van der Waals surface area (Å²) in [5.74, 6) is -0.0124. The Morgan fingerprint density at radius 1 is 1.19 bits per heavy atom. The Labute approximate surface area is 184 Å². The third-order valence-electron chi connectivity index (χ3n) is 5.58. The fourth-order valence-corrected chi connectivity index (χ4v) is 3.72. The number of primary amides is 1. The van der Waals surface area contributed by atoms with Crippen molar-refractivity contribution in [3.63, 3.8) is 0 Å². The lowest BCUT2D eigenvalue weighted by Crippen LogP contribution is -2.18. The van der Waals surface area contributed by atoms with Crippen molar-refractivity contribution in [2.45, 2.75) is 27.3 Å². The number of fused-ring (bicyclic) bond motifs is 1. The van der Waals surface area contributed by atoms with Gasteiger partial charge in [0.05, 0.1) is 24.4 Å². The highest BCUT2D eigenvalue weighted by Gasteiger charge is 2.27. The van der Waals surface area contributed by atoms with E-state index in [1.165, 1.54) is 10.9 Å². The third kappa shape index (κ3) is 3.49. The molecular weight excluding hydrogens is 410 g/mol. The van der Waals surface area contributed by atoms with Crippen molar-refractivity contribution in [2.24, 2.45) is 5.73 Å². The molecule has 4 aromatic rings. The fourth-order valence-electron chi connectivity index (χ4n) is 3.72. The highest BCUT2D eigenvalue weighted by molar-refractivity contribution is 6.20. The number of amides is 1. The highest BCUT2D eigenvalue weighted by atomic mass is 16.5. The van der Waals surface area contributed by atoms with Crippen LogP contribution in [0, 0.1) is 20.8 Å². The Kier molecular flexibility index (Phi) is 5.22. The van der Waals surface area contributed by atoms with Crippen molar-refractivity contribution in [2.75, 3.05) is 7.11 Å². The summed E-state index contributed by atoms with van der Waals surface area (Å²) in [5, 5.41) is 15.2. The van der Waals surface area contributed by atoms with Crippen LogP contribution in [-0.4, -0.2) is 33.7 Å². The number of hydrogen-bond donors (Lipinski definition) is 2. The monoisotopic (exact) mass is 433 g/mol. The van der Waals surface area contributed by atoms with Gasteiger partial charge in [0.15, 0.2) is 17.1 Å². The molecule has 0 aliphatic heterocycles. The molecule has 164 valence electrons. The Hall–Kier alpha value is -4.07. The van der Waals surface area contributed by atoms with E-state index in [2.05, 4.69) is 5.10 Å². The van der Waals surface area contributed by atoms with Crippen molar-refractivity contribution < 1.29 is 23.8 Å². The molecule has 0 radical (unpaired) electrons. The molecule has 0 aliphatic carbocycles. The largest absolute Gasteiger partial charge is 0.504 e. The predicted octanol–water partition coefficient (Wildman–Crippen LogP) is 3.65. The number of nitrogens with zero attached hydrogens (tertiary/aromatic N) is 2. The van der Waals surface area contributed by atoms with Gasteiger partial charge < -0.3 is 20.0 Å². The zero-order chi connectivity index (χ0) is 23.2. The van der Waals surface area contributed by atoms with Gasteiger partial charge in [0, 0.05) is 17.1 Å². The molecule has 0 spiro atoms. The minimum Gasteiger partial charge on any atom is -0.504 e. The normalized spacial score (nSPS) is 11.1. The third-order valence-corrected chi connectivity index (χ3v) is 5.58. The van der Waals surface area contributed by atoms with Crippen LogP contribution in [0.25, 0.3) is 22.3 Å². The first kappa shape index (κ1) is 21.2. The Morgan fingerprint density at radius 2 is 1.94 bits per heavy atom. The molecule has 2 heterocycles. The number of ether oxygens (including phenoxy) is 1. The van der Waals surface area contributed by atoms with Gasteiger partial charge in [-0.05, 0) is 55.7 Å². The number of hydrogen-bond acceptors (Lipinski definition) is 6. The lowest BCUT2D eigenvalue weighted by Gasteiger charge is -2.11. The maximum absolute atomic E-state index is 13.7. The number of benzene rings is 2. The van der Waals surface area contributed by atoms with Gasteiger partial charge in [-0.25, -0.2) is 0 Å². The number of methoxy groups -OCH3 is 1. The molecule has 8 heteroatoms. The van der Waals surface area contributed by atoms with E-state index < -0.39 is 5.91 Å². The van der Waals surface area contributed by atoms with E-state index in [4.69, 9.17) is 14.9 Å². The summed E-state index contributed by atoms with van der Waals surface area (Å²) in [6.45, 7) is 5.47. The summed E-state index contributed by atoms with van der Waals surface area (Å²) < 4.78 is 12.8. The number of ketones is 1. The van der Waals surface area contributed by atoms with Gasteiger partial charge in [0.25, 0.3) is 0 Å². The Balaban J connectivity index is 1.95. The molecule has 1 amide bonds. The molecule has 0 aliphatic rings. The zero-order valence-corrected chi connectivity index (χ0v) is 18.2. The SMILES string of the molecule is COc1cc(C(=O)c2c(-c3cnn(CC(N)=O)c3)oc3c(O)c(C)ccc23)cc(C)c1C. The van der Waals surface area contributed by atoms with Crippen LogP contribution in [0.3, 0.4) is 0 Å². The van der Waals surface area contributed by atoms with Crippen LogP contribution >= 0.6 is 0 Å². The number of nitrogens with two attached hydrogens (primary N) is 1. The van der Waals surface area contributed by atoms with Crippen molar-refractivity contribution in [3.05, 3.63) is 64.5 Å². The van der Waals surface area contributed by atoms with E-state index in [1.54, 1.807) is 44.5 Å². The van der Waals surface area contributed by atoms with Crippen LogP contribution in [0.4, 0.5) is 0 Å². The number of aromatic hydroxyl groups is 1. The molecule has 0 atom stereocenters. The molecule has 2 aromatic carbocycles. The summed E-state index contributed by atoms with van der Waals surface area (Å²) in [6, 6.07) is 6.97. The number of aryl methyl sites for hydroxylation is 2. The van der Waals surface area contributed by atoms with E-state index >= 15 is 0 Å². The Bertz CT molecular complexity index is 1380. The number of furan rings is 1. The number of phenolic OH excluding ortho intramolecular Hbond substituents is 1. The fraction of sp³-hybridized carbons (Fsp3) is 0.208. The molecular formula is C24H23N3O5. The summed E-state index contributed by atoms with van der Waals surface area (Å²) in [5.41, 5.74) is 9.15. The summed E-state index contributed by atoms with van der Waals surface area (Å²) >= 11 is 0. The molecule has 2 aromatic heterocycles. The van der Waals surface area contributed by atoms with Gasteiger partial charge in [-0.3, -0.25) is 14.3 Å². The second-order valence-corrected chi connectivity index (χ2v) is 7.76. The minimum absolute atomic E-state index is 0.0370. The highest BCUT2D eigenvalue weighted by Crippen LogP contribution is 2.40. The number of carbonyl (C=O) groups excluding carboxylic acids is 2. The van der Waals surface area contributed by atoms with Gasteiger partial charge in [0.2, 0.25) is 5.91 Å². The maximum atomic E-state index is 13.7. The van der Waals surface area contributed by atoms with Crippen LogP contribution in [-0.2, 0) is 11.3 Å². The molecule has 0 bridgehead atoms. The first-order valence-corrected chi connectivity index (χ1v) is 9.97. The summed E-state index contributed by atoms with van der Waals surface area (Å²) in [4.78, 5) is 25.0. The van der Waals surface area contributed by atoms with Crippen LogP contribution in [0.1, 0.15) is 32.6 Å². The quantitative estimate of drug-likeness (QED) is 0.448. The van der Waals surface area contributed by atoms with Gasteiger partial charge in [-0.1, -0.05) is 6.07 Å². The molecule has 0 saturated carbocycles. The molecule has 8 nitrogen and oxygen atoms in total. The van der Waals surface area contributed by atoms with Crippen molar-refractivity contribution in [1.82, 2.24) is 9.78 Å². The van der Waals surface area contributed by atoms with Crippen LogP contribution in [0.5, 0.6) is 11.5 Å². The van der Waals surface area contributed by atoms with Crippen LogP contribution in [0.15, 0.2) is 41.1 Å². The first-order chi connectivity index (χ1) is 15.2. The van der Waals surface area contributed by atoms with Crippen molar-refractivity contribution in [1.29, 1.82) is 0 Å². The molecule has 32 heavy (non-hydrogen) atoms. The van der Waals surface area contributed by atoms with Gasteiger partial charge >= 0.3 is 0 Å². The lowest BCUT2D eigenvalue weighted by molar-refractivity contribution is -0.118. The number of phenols is 1. The lowest BCUT2D eigenvalue weighted by atomic mass is 9.95. The van der Waals surface area contributed by atoms with E-state index in [9.17, 15) is 14.7 Å². The maximum Gasteiger partial charge on any atom is 0.239 e. The van der Waals surface area contributed by atoms with Gasteiger partial charge in [-0.15, -0.1) is 0 Å². The number of aromatic nitrogens is 2. The second-order valence-electron chi connectivity index (χ2n) is 7.76. The smallest absolute Gasteiger partial charge is 0.239 e. The molecule has 0 unspecified atom stereocenters. The van der Waals surface area contributed by atoms with Crippen LogP contribution in [0.2, 0.25) is 0 Å². The summed E-state index contributed by atoms with van der Waals surface area (Å²) in [6.07, 6.45) is 3.06. The standard InChI is InChI=1S/C24H23N3O5/c1-12-5-6-17-20(22(30)15-7-13(2)14(3)18(8-15)31-4)23(32-24(17)21(12)29)16-9-26-27(10-16)11-19(25)28/h5-10,29H,11H2,1-4H3,(H2,25,28).